The van der Waals surface area contributed by atoms with Crippen molar-refractivity contribution < 1.29 is 37.5 Å². The Balaban J connectivity index is -0.000000665. The van der Waals surface area contributed by atoms with Gasteiger partial charge >= 0.3 is 0 Å². The van der Waals surface area contributed by atoms with E-state index >= 15 is 0 Å². The fraction of sp³-hybridized carbons (Fsp3) is 0.526. The van der Waals surface area contributed by atoms with Gasteiger partial charge in [-0.1, -0.05) is 65.0 Å². The van der Waals surface area contributed by atoms with Gasteiger partial charge in [-0.3, -0.25) is 4.79 Å². The van der Waals surface area contributed by atoms with Crippen LogP contribution in [0.3, 0.4) is 0 Å². The number of benzene rings is 1. The van der Waals surface area contributed by atoms with Crippen molar-refractivity contribution in [3.8, 4) is 0 Å². The standard InChI is InChI=1S/C15H21NO.2C2H6.Y/c1-3-5-12-16(4-2)13-11-15(17)14-9-7-6-8-10-14;2*1-2;/h5-10H,2-4,11-13H2,1H3;2*1-2H3;/q-2;;;. The van der Waals surface area contributed by atoms with Crippen molar-refractivity contribution in [1.29, 1.82) is 0 Å². The molecular formula is C19H33NOY-2. The van der Waals surface area contributed by atoms with Crippen LogP contribution in [-0.4, -0.2) is 30.3 Å². The zero-order chi connectivity index (χ0) is 16.5. The van der Waals surface area contributed by atoms with Crippen LogP contribution in [0, 0.1) is 13.3 Å². The minimum absolute atomic E-state index is 0. The van der Waals surface area contributed by atoms with Gasteiger partial charge in [-0.25, -0.2) is 0 Å². The molecule has 1 rings (SSSR count). The normalized spacial score (nSPS) is 8.86. The van der Waals surface area contributed by atoms with Crippen LogP contribution >= 0.6 is 0 Å². The predicted octanol–water partition coefficient (Wildman–Crippen LogP) is 5.06. The summed E-state index contributed by atoms with van der Waals surface area (Å²) >= 11 is 0. The minimum atomic E-state index is 0. The van der Waals surface area contributed by atoms with Crippen molar-refractivity contribution in [2.45, 2.75) is 47.5 Å². The smallest absolute Gasteiger partial charge is 0.164 e. The summed E-state index contributed by atoms with van der Waals surface area (Å²) in [7, 11) is 0. The Morgan fingerprint density at radius 2 is 1.68 bits per heavy atom. The summed E-state index contributed by atoms with van der Waals surface area (Å²) in [6.07, 6.45) is 3.83. The first-order valence-electron chi connectivity index (χ1n) is 8.19. The molecule has 0 saturated carbocycles. The Hall–Kier alpha value is -0.0461. The van der Waals surface area contributed by atoms with Crippen molar-refractivity contribution in [3.63, 3.8) is 0 Å². The molecule has 1 aromatic carbocycles. The third kappa shape index (κ3) is 13.6. The number of ketones is 1. The Morgan fingerprint density at radius 1 is 1.14 bits per heavy atom. The van der Waals surface area contributed by atoms with Gasteiger partial charge < -0.3 is 18.2 Å². The molecular weight excluding hydrogens is 347 g/mol. The first kappa shape index (κ1) is 26.8. The maximum absolute atomic E-state index is 11.9. The molecule has 0 bridgehead atoms. The van der Waals surface area contributed by atoms with Crippen molar-refractivity contribution in [2.75, 3.05) is 19.6 Å². The van der Waals surface area contributed by atoms with E-state index in [9.17, 15) is 4.79 Å². The molecule has 0 heterocycles. The molecule has 0 aliphatic carbocycles. The molecule has 0 saturated heterocycles. The maximum atomic E-state index is 11.9. The molecule has 22 heavy (non-hydrogen) atoms. The molecule has 0 spiro atoms. The first-order chi connectivity index (χ1) is 10.3. The number of carbonyl (C=O) groups is 1. The van der Waals surface area contributed by atoms with Gasteiger partial charge in [-0.05, 0) is 6.54 Å². The van der Waals surface area contributed by atoms with Crippen LogP contribution in [0.1, 0.15) is 57.8 Å². The number of nitrogens with zero attached hydrogens (tertiary/aromatic N) is 1. The zero-order valence-electron chi connectivity index (χ0n) is 15.1. The second-order valence-electron chi connectivity index (χ2n) is 4.04. The summed E-state index contributed by atoms with van der Waals surface area (Å²) in [5, 5.41) is 0. The number of rotatable bonds is 8. The molecule has 0 fully saturated rings. The topological polar surface area (TPSA) is 20.3 Å². The summed E-state index contributed by atoms with van der Waals surface area (Å²) in [6, 6.07) is 9.47. The van der Waals surface area contributed by atoms with Gasteiger partial charge in [-0.15, -0.1) is 13.1 Å². The van der Waals surface area contributed by atoms with E-state index in [1.54, 1.807) is 0 Å². The van der Waals surface area contributed by atoms with Crippen molar-refractivity contribution in [2.24, 2.45) is 0 Å². The summed E-state index contributed by atoms with van der Waals surface area (Å²) < 4.78 is 0. The molecule has 1 radical (unpaired) electrons. The second kappa shape index (κ2) is 21.0. The second-order valence-corrected chi connectivity index (χ2v) is 4.04. The van der Waals surface area contributed by atoms with Crippen molar-refractivity contribution in [3.05, 3.63) is 49.2 Å². The molecule has 0 atom stereocenters. The van der Waals surface area contributed by atoms with Crippen LogP contribution in [0.25, 0.3) is 0 Å². The zero-order valence-corrected chi connectivity index (χ0v) is 18.0. The Morgan fingerprint density at radius 3 is 2.14 bits per heavy atom. The van der Waals surface area contributed by atoms with E-state index in [1.165, 1.54) is 0 Å². The molecule has 0 aromatic heterocycles. The number of hydrogen-bond donors (Lipinski definition) is 0. The third-order valence-electron chi connectivity index (χ3n) is 2.74. The average Bonchev–Trinajstić information content (AvgIpc) is 2.59. The van der Waals surface area contributed by atoms with Crippen LogP contribution < -0.4 is 0 Å². The number of carbonyl (C=O) groups excluding carboxylic acids is 1. The molecule has 1 aromatic rings. The van der Waals surface area contributed by atoms with Gasteiger partial charge in [0.05, 0.1) is 0 Å². The van der Waals surface area contributed by atoms with Crippen LogP contribution in [0.15, 0.2) is 30.3 Å². The molecule has 125 valence electrons. The first-order valence-corrected chi connectivity index (χ1v) is 8.19. The summed E-state index contributed by atoms with van der Waals surface area (Å²) in [5.41, 5.74) is 0.802. The van der Waals surface area contributed by atoms with Gasteiger partial charge in [0.25, 0.3) is 0 Å². The van der Waals surface area contributed by atoms with Crippen LogP contribution in [0.2, 0.25) is 0 Å². The number of unbranched alkanes of at least 4 members (excludes halogenated alkanes) is 1. The average molecular weight is 380 g/mol. The fourth-order valence-corrected chi connectivity index (χ4v) is 1.63. The Kier molecular flexibility index (Phi) is 25.6. The van der Waals surface area contributed by atoms with Crippen molar-refractivity contribution >= 4 is 5.78 Å². The molecule has 0 aliphatic heterocycles. The van der Waals surface area contributed by atoms with E-state index in [1.807, 2.05) is 58.0 Å². The van der Waals surface area contributed by atoms with Crippen LogP contribution in [0.4, 0.5) is 0 Å². The van der Waals surface area contributed by atoms with E-state index in [2.05, 4.69) is 25.2 Å². The van der Waals surface area contributed by atoms with E-state index < -0.39 is 0 Å². The molecule has 0 amide bonds. The summed E-state index contributed by atoms with van der Waals surface area (Å²) in [4.78, 5) is 14.1. The van der Waals surface area contributed by atoms with Gasteiger partial charge in [-0.2, -0.15) is 6.42 Å². The largest absolute Gasteiger partial charge is 0.362 e. The van der Waals surface area contributed by atoms with E-state index in [-0.39, 0.29) is 38.5 Å². The van der Waals surface area contributed by atoms with Gasteiger partial charge in [0, 0.05) is 44.7 Å². The summed E-state index contributed by atoms with van der Waals surface area (Å²) in [6.45, 7) is 16.5. The Labute approximate surface area is 163 Å². The van der Waals surface area contributed by atoms with Crippen LogP contribution in [-0.2, 0) is 32.7 Å². The minimum Gasteiger partial charge on any atom is -0.362 e. The predicted molar refractivity (Wildman–Crippen MR) is 94.5 cm³/mol. The van der Waals surface area contributed by atoms with Gasteiger partial charge in [0.1, 0.15) is 0 Å². The van der Waals surface area contributed by atoms with E-state index in [0.29, 0.717) is 6.42 Å². The number of hydrogen-bond acceptors (Lipinski definition) is 2. The van der Waals surface area contributed by atoms with Gasteiger partial charge in [0.2, 0.25) is 0 Å². The maximum Gasteiger partial charge on any atom is 0.164 e. The quantitative estimate of drug-likeness (QED) is 0.464. The van der Waals surface area contributed by atoms with Gasteiger partial charge in [0.15, 0.2) is 5.78 Å². The molecule has 2 nitrogen and oxygen atoms in total. The fourth-order valence-electron chi connectivity index (χ4n) is 1.63. The van der Waals surface area contributed by atoms with Crippen molar-refractivity contribution in [1.82, 2.24) is 4.90 Å². The SMILES string of the molecule is CC.CC.[CH2-]CN(C[CH-]CC)CCC(=O)c1ccccc1.[Y]. The van der Waals surface area contributed by atoms with Crippen LogP contribution in [0.5, 0.6) is 0 Å². The molecule has 3 heteroatoms. The molecule has 0 N–H and O–H groups in total. The Bertz CT molecular complexity index is 327. The van der Waals surface area contributed by atoms with E-state index in [4.69, 9.17) is 0 Å². The monoisotopic (exact) mass is 380 g/mol. The molecule has 0 aliphatic rings. The number of Topliss-reactive ketones (excluding diaryl/α,β-unsaturated/α-hetero) is 1. The molecule has 0 unspecified atom stereocenters. The summed E-state index contributed by atoms with van der Waals surface area (Å²) in [5.74, 6) is 0.209. The third-order valence-corrected chi connectivity index (χ3v) is 2.74. The van der Waals surface area contributed by atoms with E-state index in [0.717, 1.165) is 31.6 Å².